The number of aromatic amines is 1. The van der Waals surface area contributed by atoms with Crippen molar-refractivity contribution in [1.82, 2.24) is 15.2 Å². The molecule has 0 spiro atoms. The van der Waals surface area contributed by atoms with E-state index in [1.807, 2.05) is 31.9 Å². The minimum atomic E-state index is -4.90. The Morgan fingerprint density at radius 3 is 2.43 bits per heavy atom. The number of hydrogen-bond donors (Lipinski definition) is 3. The Balaban J connectivity index is 1.77. The van der Waals surface area contributed by atoms with Crippen LogP contribution in [0, 0.1) is 5.82 Å². The number of nitrogens with one attached hydrogen (secondary N) is 3. The van der Waals surface area contributed by atoms with E-state index in [4.69, 9.17) is 0 Å². The normalized spacial score (nSPS) is 21.2. The Kier molecular flexibility index (Phi) is 6.74. The van der Waals surface area contributed by atoms with Gasteiger partial charge in [0.1, 0.15) is 5.82 Å². The standard InChI is InChI=1S/C24H27F4N5O2/c1-13-11-33(12-14(2)32(13)3)21-8-19(25)16(15-4-5-29-9-15)6-20(21)31-23(35)17-10-30-22(34)7-18(17)24(26,27)28/h4,6-8,10,13-14,29H,5,9,11-12H2,1-3H3,(H,30,34)(H,31,35). The van der Waals surface area contributed by atoms with E-state index in [0.29, 0.717) is 43.5 Å². The molecule has 35 heavy (non-hydrogen) atoms. The Labute approximate surface area is 199 Å². The van der Waals surface area contributed by atoms with Gasteiger partial charge in [0.15, 0.2) is 0 Å². The number of carbonyl (C=O) groups excluding carboxylic acids is 1. The number of pyridine rings is 1. The van der Waals surface area contributed by atoms with Crippen molar-refractivity contribution in [2.75, 3.05) is 43.4 Å². The van der Waals surface area contributed by atoms with Gasteiger partial charge in [-0.05, 0) is 38.6 Å². The van der Waals surface area contributed by atoms with Crippen LogP contribution in [-0.4, -0.2) is 61.1 Å². The van der Waals surface area contributed by atoms with Crippen LogP contribution in [0.2, 0.25) is 0 Å². The summed E-state index contributed by atoms with van der Waals surface area (Å²) < 4.78 is 55.8. The third-order valence-electron chi connectivity index (χ3n) is 6.66. The van der Waals surface area contributed by atoms with Gasteiger partial charge >= 0.3 is 6.18 Å². The summed E-state index contributed by atoms with van der Waals surface area (Å²) in [7, 11) is 1.99. The number of piperazine rings is 1. The first-order chi connectivity index (χ1) is 16.5. The molecule has 11 heteroatoms. The lowest BCUT2D eigenvalue weighted by atomic mass is 10.0. The lowest BCUT2D eigenvalue weighted by molar-refractivity contribution is -0.138. The molecule has 2 aromatic rings. The zero-order valence-corrected chi connectivity index (χ0v) is 19.6. The average molecular weight is 494 g/mol. The molecule has 3 heterocycles. The number of aromatic nitrogens is 1. The molecule has 7 nitrogen and oxygen atoms in total. The first-order valence-electron chi connectivity index (χ1n) is 11.3. The molecule has 0 radical (unpaired) electrons. The SMILES string of the molecule is CC1CN(c2cc(F)c(C3=CCNC3)cc2NC(=O)c2c[nH]c(=O)cc2C(F)(F)F)CC(C)N1C. The highest BCUT2D eigenvalue weighted by molar-refractivity contribution is 6.07. The fraction of sp³-hybridized carbons (Fsp3) is 0.417. The van der Waals surface area contributed by atoms with Crippen molar-refractivity contribution in [1.29, 1.82) is 0 Å². The van der Waals surface area contributed by atoms with Gasteiger partial charge in [-0.2, -0.15) is 13.2 Å². The number of rotatable bonds is 4. The van der Waals surface area contributed by atoms with Gasteiger partial charge in [-0.15, -0.1) is 0 Å². The van der Waals surface area contributed by atoms with Crippen molar-refractivity contribution in [3.8, 4) is 0 Å². The summed E-state index contributed by atoms with van der Waals surface area (Å²) in [5.41, 5.74) is -1.49. The summed E-state index contributed by atoms with van der Waals surface area (Å²) in [4.78, 5) is 30.8. The Morgan fingerprint density at radius 1 is 1.14 bits per heavy atom. The Morgan fingerprint density at radius 2 is 1.83 bits per heavy atom. The average Bonchev–Trinajstić information content (AvgIpc) is 3.32. The highest BCUT2D eigenvalue weighted by atomic mass is 19.4. The summed E-state index contributed by atoms with van der Waals surface area (Å²) in [6.07, 6.45) is -2.33. The second kappa shape index (κ2) is 9.46. The maximum Gasteiger partial charge on any atom is 0.417 e. The molecule has 1 aromatic carbocycles. The number of H-pyrrole nitrogens is 1. The van der Waals surface area contributed by atoms with Gasteiger partial charge in [0, 0.05) is 56.1 Å². The first kappa shape index (κ1) is 24.9. The van der Waals surface area contributed by atoms with Crippen LogP contribution in [0.1, 0.15) is 35.3 Å². The van der Waals surface area contributed by atoms with E-state index >= 15 is 4.39 Å². The molecule has 1 aromatic heterocycles. The number of carbonyl (C=O) groups is 1. The lowest BCUT2D eigenvalue weighted by Gasteiger charge is -2.44. The molecule has 4 rings (SSSR count). The van der Waals surface area contributed by atoms with Crippen LogP contribution in [0.3, 0.4) is 0 Å². The van der Waals surface area contributed by atoms with Crippen molar-refractivity contribution in [3.63, 3.8) is 0 Å². The molecule has 0 bridgehead atoms. The highest BCUT2D eigenvalue weighted by Gasteiger charge is 2.36. The number of halogens is 4. The fourth-order valence-corrected chi connectivity index (χ4v) is 4.53. The second-order valence-corrected chi connectivity index (χ2v) is 9.05. The predicted molar refractivity (Wildman–Crippen MR) is 126 cm³/mol. The number of amides is 1. The number of nitrogens with zero attached hydrogens (tertiary/aromatic N) is 2. The van der Waals surface area contributed by atoms with E-state index in [0.717, 1.165) is 6.20 Å². The lowest BCUT2D eigenvalue weighted by Crippen LogP contribution is -2.55. The van der Waals surface area contributed by atoms with Crippen LogP contribution < -0.4 is 21.1 Å². The van der Waals surface area contributed by atoms with Crippen LogP contribution in [0.15, 0.2) is 35.3 Å². The number of alkyl halides is 3. The second-order valence-electron chi connectivity index (χ2n) is 9.05. The minimum Gasteiger partial charge on any atom is -0.367 e. The molecule has 3 N–H and O–H groups in total. The molecule has 2 unspecified atom stereocenters. The maximum atomic E-state index is 15.2. The van der Waals surface area contributed by atoms with E-state index in [9.17, 15) is 22.8 Å². The molecular weight excluding hydrogens is 466 g/mol. The van der Waals surface area contributed by atoms with Gasteiger partial charge in [0.25, 0.3) is 5.91 Å². The number of benzene rings is 1. The minimum absolute atomic E-state index is 0.128. The summed E-state index contributed by atoms with van der Waals surface area (Å²) >= 11 is 0. The van der Waals surface area contributed by atoms with E-state index in [-0.39, 0.29) is 23.3 Å². The van der Waals surface area contributed by atoms with E-state index in [1.165, 1.54) is 12.1 Å². The van der Waals surface area contributed by atoms with Crippen molar-refractivity contribution in [3.05, 3.63) is 63.3 Å². The van der Waals surface area contributed by atoms with Gasteiger partial charge in [0.05, 0.1) is 22.5 Å². The third kappa shape index (κ3) is 5.10. The molecule has 0 aliphatic carbocycles. The van der Waals surface area contributed by atoms with Crippen LogP contribution >= 0.6 is 0 Å². The quantitative estimate of drug-likeness (QED) is 0.570. The number of likely N-dealkylation sites (N-methyl/N-ethyl adjacent to an activating group) is 1. The van der Waals surface area contributed by atoms with Gasteiger partial charge in [-0.3, -0.25) is 14.5 Å². The Hall–Kier alpha value is -3.18. The van der Waals surface area contributed by atoms with Crippen LogP contribution in [0.5, 0.6) is 0 Å². The first-order valence-corrected chi connectivity index (χ1v) is 11.3. The topological polar surface area (TPSA) is 80.5 Å². The van der Waals surface area contributed by atoms with Crippen LogP contribution in [-0.2, 0) is 6.18 Å². The maximum absolute atomic E-state index is 15.2. The molecule has 0 saturated carbocycles. The van der Waals surface area contributed by atoms with E-state index < -0.39 is 34.6 Å². The predicted octanol–water partition coefficient (Wildman–Crippen LogP) is 3.30. The Bertz CT molecular complexity index is 1210. The summed E-state index contributed by atoms with van der Waals surface area (Å²) in [5.74, 6) is -1.53. The van der Waals surface area contributed by atoms with Crippen LogP contribution in [0.25, 0.3) is 5.57 Å². The summed E-state index contributed by atoms with van der Waals surface area (Å²) in [6, 6.07) is 3.40. The molecule has 1 saturated heterocycles. The molecule has 1 fully saturated rings. The molecule has 1 amide bonds. The largest absolute Gasteiger partial charge is 0.417 e. The van der Waals surface area contributed by atoms with Gasteiger partial charge in [0.2, 0.25) is 5.56 Å². The van der Waals surface area contributed by atoms with Crippen molar-refractivity contribution in [2.45, 2.75) is 32.1 Å². The molecule has 2 atom stereocenters. The van der Waals surface area contributed by atoms with Crippen molar-refractivity contribution < 1.29 is 22.4 Å². The van der Waals surface area contributed by atoms with Gasteiger partial charge in [-0.25, -0.2) is 4.39 Å². The smallest absolute Gasteiger partial charge is 0.367 e. The zero-order chi connectivity index (χ0) is 25.5. The summed E-state index contributed by atoms with van der Waals surface area (Å²) in [5, 5.41) is 5.64. The number of hydrogen-bond acceptors (Lipinski definition) is 5. The monoisotopic (exact) mass is 493 g/mol. The third-order valence-corrected chi connectivity index (χ3v) is 6.66. The van der Waals surface area contributed by atoms with Gasteiger partial charge in [-0.1, -0.05) is 6.08 Å². The molecular formula is C24H27F4N5O2. The zero-order valence-electron chi connectivity index (χ0n) is 19.6. The fourth-order valence-electron chi connectivity index (χ4n) is 4.53. The molecule has 188 valence electrons. The molecule has 2 aliphatic heterocycles. The van der Waals surface area contributed by atoms with E-state index in [2.05, 4.69) is 20.5 Å². The van der Waals surface area contributed by atoms with Crippen LogP contribution in [0.4, 0.5) is 28.9 Å². The van der Waals surface area contributed by atoms with Crippen molar-refractivity contribution >= 4 is 22.9 Å². The molecule has 2 aliphatic rings. The van der Waals surface area contributed by atoms with E-state index in [1.54, 1.807) is 0 Å². The summed E-state index contributed by atoms with van der Waals surface area (Å²) in [6.45, 7) is 6.13. The highest BCUT2D eigenvalue weighted by Crippen LogP contribution is 2.36. The van der Waals surface area contributed by atoms with Gasteiger partial charge < -0.3 is 20.5 Å². The number of anilines is 2. The van der Waals surface area contributed by atoms with Crippen molar-refractivity contribution in [2.24, 2.45) is 0 Å².